The lowest BCUT2D eigenvalue weighted by Gasteiger charge is -2.16. The zero-order valence-electron chi connectivity index (χ0n) is 9.61. The maximum Gasteiger partial charge on any atom is 0.236 e. The van der Waals surface area contributed by atoms with Crippen LogP contribution >= 0.6 is 0 Å². The van der Waals surface area contributed by atoms with Crippen molar-refractivity contribution >= 4 is 5.91 Å². The molecule has 1 aromatic heterocycles. The number of aromatic nitrogens is 2. The average Bonchev–Trinajstić information content (AvgIpc) is 2.97. The first-order valence-corrected chi connectivity index (χ1v) is 5.43. The molecular weight excluding hydrogens is 220 g/mol. The van der Waals surface area contributed by atoms with Crippen LogP contribution in [0, 0.1) is 11.3 Å². The van der Waals surface area contributed by atoms with Crippen LogP contribution in [-0.4, -0.2) is 46.9 Å². The van der Waals surface area contributed by atoms with Crippen LogP contribution in [0.25, 0.3) is 0 Å². The number of carbonyl (C=O) groups excluding carboxylic acids is 1. The summed E-state index contributed by atoms with van der Waals surface area (Å²) in [6.45, 7) is 1.06. The Labute approximate surface area is 99.4 Å². The third-order valence-electron chi connectivity index (χ3n) is 2.99. The van der Waals surface area contributed by atoms with Gasteiger partial charge >= 0.3 is 0 Å². The number of nitrogens with zero attached hydrogens (tertiary/aromatic N) is 4. The molecule has 0 unspecified atom stereocenters. The van der Waals surface area contributed by atoms with Crippen LogP contribution in [0.4, 0.5) is 0 Å². The number of nitriles is 1. The number of methoxy groups -OCH3 is 1. The van der Waals surface area contributed by atoms with Crippen molar-refractivity contribution in [1.29, 1.82) is 5.26 Å². The van der Waals surface area contributed by atoms with E-state index in [9.17, 15) is 4.79 Å². The van der Waals surface area contributed by atoms with E-state index >= 15 is 0 Å². The molecule has 6 nitrogen and oxygen atoms in total. The first kappa shape index (κ1) is 11.6. The number of hydrogen-bond acceptors (Lipinski definition) is 4. The van der Waals surface area contributed by atoms with Gasteiger partial charge in [0.25, 0.3) is 0 Å². The van der Waals surface area contributed by atoms with Gasteiger partial charge in [0, 0.05) is 32.6 Å². The fraction of sp³-hybridized carbons (Fsp3) is 0.545. The normalized spacial score (nSPS) is 23.6. The van der Waals surface area contributed by atoms with E-state index in [1.54, 1.807) is 22.9 Å². The summed E-state index contributed by atoms with van der Waals surface area (Å²) in [6, 6.07) is 3.74. The van der Waals surface area contributed by atoms with Gasteiger partial charge in [-0.3, -0.25) is 9.48 Å². The fourth-order valence-corrected chi connectivity index (χ4v) is 2.10. The average molecular weight is 234 g/mol. The summed E-state index contributed by atoms with van der Waals surface area (Å²) in [6.07, 6.45) is 3.40. The Hall–Kier alpha value is -1.87. The van der Waals surface area contributed by atoms with Gasteiger partial charge in [0.1, 0.15) is 6.42 Å². The monoisotopic (exact) mass is 234 g/mol. The molecule has 0 aromatic carbocycles. The molecule has 2 atom stereocenters. The first-order valence-electron chi connectivity index (χ1n) is 5.43. The number of ether oxygens (including phenoxy) is 1. The third kappa shape index (κ3) is 2.29. The van der Waals surface area contributed by atoms with E-state index in [2.05, 4.69) is 5.10 Å². The molecule has 0 bridgehead atoms. The molecule has 1 aliphatic heterocycles. The van der Waals surface area contributed by atoms with Gasteiger partial charge in [0.15, 0.2) is 0 Å². The zero-order valence-corrected chi connectivity index (χ0v) is 9.61. The molecule has 1 saturated heterocycles. The summed E-state index contributed by atoms with van der Waals surface area (Å²) in [4.78, 5) is 13.3. The maximum atomic E-state index is 11.6. The molecule has 17 heavy (non-hydrogen) atoms. The molecule has 1 aromatic rings. The molecule has 0 saturated carbocycles. The predicted molar refractivity (Wildman–Crippen MR) is 58.9 cm³/mol. The van der Waals surface area contributed by atoms with E-state index in [-0.39, 0.29) is 24.5 Å². The van der Waals surface area contributed by atoms with E-state index in [1.165, 1.54) is 0 Å². The summed E-state index contributed by atoms with van der Waals surface area (Å²) in [7, 11) is 1.62. The first-order chi connectivity index (χ1) is 8.26. The SMILES string of the molecule is CO[C@H]1CN(C(=O)CC#N)C[C@H]1n1cccn1. The lowest BCUT2D eigenvalue weighted by molar-refractivity contribution is -0.129. The van der Waals surface area contributed by atoms with Crippen LogP contribution in [0.3, 0.4) is 0 Å². The number of likely N-dealkylation sites (tertiary alicyclic amines) is 1. The third-order valence-corrected chi connectivity index (χ3v) is 2.99. The van der Waals surface area contributed by atoms with Gasteiger partial charge in [-0.1, -0.05) is 0 Å². The Kier molecular flexibility index (Phi) is 3.40. The van der Waals surface area contributed by atoms with Crippen molar-refractivity contribution in [2.75, 3.05) is 20.2 Å². The van der Waals surface area contributed by atoms with Crippen molar-refractivity contribution in [2.24, 2.45) is 0 Å². The molecule has 1 amide bonds. The van der Waals surface area contributed by atoms with Crippen LogP contribution in [0.5, 0.6) is 0 Å². The maximum absolute atomic E-state index is 11.6. The number of rotatable bonds is 3. The van der Waals surface area contributed by atoms with Gasteiger partial charge in [0.05, 0.1) is 18.2 Å². The minimum atomic E-state index is -0.149. The van der Waals surface area contributed by atoms with Gasteiger partial charge in [0.2, 0.25) is 5.91 Å². The molecule has 0 spiro atoms. The standard InChI is InChI=1S/C11H14N4O2/c1-17-10-8-14(11(16)3-4-12)7-9(10)15-6-2-5-13-15/h2,5-6,9-10H,3,7-8H2,1H3/t9-,10+/m1/s1. The van der Waals surface area contributed by atoms with E-state index in [0.29, 0.717) is 13.1 Å². The summed E-state index contributed by atoms with van der Waals surface area (Å²) in [5.41, 5.74) is 0. The molecule has 2 heterocycles. The molecule has 1 aliphatic rings. The van der Waals surface area contributed by atoms with Crippen molar-refractivity contribution in [3.05, 3.63) is 18.5 Å². The van der Waals surface area contributed by atoms with Gasteiger partial charge in [-0.2, -0.15) is 10.4 Å². The number of hydrogen-bond donors (Lipinski definition) is 0. The second kappa shape index (κ2) is 4.97. The van der Waals surface area contributed by atoms with Crippen LogP contribution in [0.1, 0.15) is 12.5 Å². The quantitative estimate of drug-likeness (QED) is 0.748. The van der Waals surface area contributed by atoms with Crippen molar-refractivity contribution in [3.8, 4) is 6.07 Å². The fourth-order valence-electron chi connectivity index (χ4n) is 2.10. The predicted octanol–water partition coefficient (Wildman–Crippen LogP) is 0.195. The van der Waals surface area contributed by atoms with Crippen LogP contribution in [0.2, 0.25) is 0 Å². The van der Waals surface area contributed by atoms with Crippen LogP contribution < -0.4 is 0 Å². The highest BCUT2D eigenvalue weighted by Crippen LogP contribution is 2.24. The largest absolute Gasteiger partial charge is 0.377 e. The van der Waals surface area contributed by atoms with E-state index in [0.717, 1.165) is 0 Å². The Bertz CT molecular complexity index is 423. The van der Waals surface area contributed by atoms with Crippen molar-refractivity contribution in [2.45, 2.75) is 18.6 Å². The highest BCUT2D eigenvalue weighted by Gasteiger charge is 2.36. The lowest BCUT2D eigenvalue weighted by atomic mass is 10.2. The lowest BCUT2D eigenvalue weighted by Crippen LogP contribution is -2.29. The second-order valence-electron chi connectivity index (χ2n) is 3.96. The molecule has 2 rings (SSSR count). The van der Waals surface area contributed by atoms with E-state index < -0.39 is 0 Å². The highest BCUT2D eigenvalue weighted by atomic mass is 16.5. The van der Waals surface area contributed by atoms with Crippen molar-refractivity contribution in [3.63, 3.8) is 0 Å². The molecule has 90 valence electrons. The highest BCUT2D eigenvalue weighted by molar-refractivity contribution is 5.78. The van der Waals surface area contributed by atoms with Gasteiger partial charge in [-0.25, -0.2) is 0 Å². The Balaban J connectivity index is 2.09. The van der Waals surface area contributed by atoms with E-state index in [1.807, 2.05) is 18.3 Å². The Morgan fingerprint density at radius 2 is 2.47 bits per heavy atom. The smallest absolute Gasteiger partial charge is 0.236 e. The molecule has 0 N–H and O–H groups in total. The van der Waals surface area contributed by atoms with Crippen LogP contribution in [-0.2, 0) is 9.53 Å². The number of carbonyl (C=O) groups is 1. The summed E-state index contributed by atoms with van der Waals surface area (Å²) in [5.74, 6) is -0.149. The molecular formula is C11H14N4O2. The minimum Gasteiger partial charge on any atom is -0.377 e. The van der Waals surface area contributed by atoms with Crippen molar-refractivity contribution < 1.29 is 9.53 Å². The topological polar surface area (TPSA) is 71.2 Å². The summed E-state index contributed by atoms with van der Waals surface area (Å²) < 4.78 is 7.17. The van der Waals surface area contributed by atoms with Gasteiger partial charge < -0.3 is 9.64 Å². The van der Waals surface area contributed by atoms with Gasteiger partial charge in [-0.15, -0.1) is 0 Å². The minimum absolute atomic E-state index is 0.0256. The Morgan fingerprint density at radius 3 is 3.06 bits per heavy atom. The molecule has 6 heteroatoms. The molecule has 1 fully saturated rings. The van der Waals surface area contributed by atoms with E-state index in [4.69, 9.17) is 10.00 Å². The molecule has 0 radical (unpaired) electrons. The summed E-state index contributed by atoms with van der Waals surface area (Å²) in [5, 5.41) is 12.7. The number of amides is 1. The Morgan fingerprint density at radius 1 is 1.65 bits per heavy atom. The molecule has 0 aliphatic carbocycles. The van der Waals surface area contributed by atoms with Crippen molar-refractivity contribution in [1.82, 2.24) is 14.7 Å². The zero-order chi connectivity index (χ0) is 12.3. The van der Waals surface area contributed by atoms with Gasteiger partial charge in [-0.05, 0) is 6.07 Å². The van der Waals surface area contributed by atoms with Crippen LogP contribution in [0.15, 0.2) is 18.5 Å². The second-order valence-corrected chi connectivity index (χ2v) is 3.96. The summed E-state index contributed by atoms with van der Waals surface area (Å²) >= 11 is 0.